The van der Waals surface area contributed by atoms with Gasteiger partial charge in [-0.15, -0.1) is 0 Å². The van der Waals surface area contributed by atoms with E-state index in [2.05, 4.69) is 17.2 Å². The number of hydrogen-bond donors (Lipinski definition) is 2. The number of aromatic nitrogens is 2. The monoisotopic (exact) mass is 437 g/mol. The molecular weight excluding hydrogens is 409 g/mol. The minimum Gasteiger partial charge on any atom is -0.367 e. The number of pyridine rings is 1. The fourth-order valence-corrected chi connectivity index (χ4v) is 3.43. The number of rotatable bonds is 11. The van der Waals surface area contributed by atoms with Crippen molar-refractivity contribution in [1.82, 2.24) is 14.7 Å². The summed E-state index contributed by atoms with van der Waals surface area (Å²) in [6.07, 6.45) is 7.51. The van der Waals surface area contributed by atoms with E-state index in [-0.39, 0.29) is 13.0 Å². The predicted octanol–water partition coefficient (Wildman–Crippen LogP) is 3.23. The Morgan fingerprint density at radius 2 is 2.12 bits per heavy atom. The molecule has 0 unspecified atom stereocenters. The zero-order valence-electron chi connectivity index (χ0n) is 18.1. The number of nitriles is 1. The van der Waals surface area contributed by atoms with Crippen LogP contribution in [0.4, 0.5) is 4.39 Å². The lowest BCUT2D eigenvalue weighted by atomic mass is 10.0. The average Bonchev–Trinajstić information content (AvgIpc) is 3.27. The van der Waals surface area contributed by atoms with Gasteiger partial charge in [0.05, 0.1) is 6.07 Å². The zero-order valence-corrected chi connectivity index (χ0v) is 18.1. The molecule has 0 bridgehead atoms. The van der Waals surface area contributed by atoms with Gasteiger partial charge in [0.25, 0.3) is 5.91 Å². The van der Waals surface area contributed by atoms with E-state index in [1.165, 1.54) is 6.07 Å². The van der Waals surface area contributed by atoms with Crippen LogP contribution in [0.1, 0.15) is 31.7 Å². The number of carbonyl (C=O) groups excluding carboxylic acids is 1. The number of amides is 1. The molecule has 0 saturated heterocycles. The summed E-state index contributed by atoms with van der Waals surface area (Å²) in [5.74, 6) is -0.893. The van der Waals surface area contributed by atoms with E-state index in [1.54, 1.807) is 18.3 Å². The highest BCUT2D eigenvalue weighted by Gasteiger charge is 2.22. The number of nitrogens with one attached hydrogen (secondary N) is 1. The Labute approximate surface area is 187 Å². The fourth-order valence-electron chi connectivity index (χ4n) is 3.43. The molecule has 3 N–H and O–H groups in total. The van der Waals surface area contributed by atoms with E-state index < -0.39 is 23.9 Å². The summed E-state index contributed by atoms with van der Waals surface area (Å²) >= 11 is 0. The second-order valence-electron chi connectivity index (χ2n) is 7.61. The van der Waals surface area contributed by atoms with Crippen molar-refractivity contribution in [1.29, 1.82) is 5.26 Å². The lowest BCUT2D eigenvalue weighted by Gasteiger charge is -2.19. The van der Waals surface area contributed by atoms with Gasteiger partial charge in [-0.2, -0.15) is 5.26 Å². The van der Waals surface area contributed by atoms with Crippen LogP contribution >= 0.6 is 0 Å². The van der Waals surface area contributed by atoms with E-state index in [1.807, 2.05) is 35.0 Å². The Hall–Kier alpha value is -3.28. The van der Waals surface area contributed by atoms with Gasteiger partial charge in [-0.3, -0.25) is 4.79 Å². The van der Waals surface area contributed by atoms with E-state index in [9.17, 15) is 14.4 Å². The second-order valence-corrected chi connectivity index (χ2v) is 7.61. The van der Waals surface area contributed by atoms with Crippen LogP contribution in [0.2, 0.25) is 0 Å². The molecule has 7 nitrogen and oxygen atoms in total. The van der Waals surface area contributed by atoms with Gasteiger partial charge in [0.15, 0.2) is 0 Å². The highest BCUT2D eigenvalue weighted by atomic mass is 19.1. The number of fused-ring (bicyclic) bond motifs is 1. The maximum absolute atomic E-state index is 14.8. The molecule has 0 spiro atoms. The van der Waals surface area contributed by atoms with Crippen LogP contribution in [0, 0.1) is 17.1 Å². The lowest BCUT2D eigenvalue weighted by Crippen LogP contribution is -2.46. The summed E-state index contributed by atoms with van der Waals surface area (Å²) in [6, 6.07) is 9.74. The van der Waals surface area contributed by atoms with Crippen molar-refractivity contribution in [3.8, 4) is 17.2 Å². The van der Waals surface area contributed by atoms with Crippen LogP contribution in [0.5, 0.6) is 0 Å². The van der Waals surface area contributed by atoms with Crippen molar-refractivity contribution in [3.05, 3.63) is 60.3 Å². The first-order valence-corrected chi connectivity index (χ1v) is 10.8. The van der Waals surface area contributed by atoms with Crippen LogP contribution in [0.3, 0.4) is 0 Å². The summed E-state index contributed by atoms with van der Waals surface area (Å²) in [7, 11) is 0. The Morgan fingerprint density at radius 3 is 2.84 bits per heavy atom. The predicted molar refractivity (Wildman–Crippen MR) is 120 cm³/mol. The van der Waals surface area contributed by atoms with Gasteiger partial charge in [-0.05, 0) is 41.3 Å². The molecule has 3 rings (SSSR count). The summed E-state index contributed by atoms with van der Waals surface area (Å²) in [4.78, 5) is 16.6. The largest absolute Gasteiger partial charge is 0.367 e. The molecule has 0 saturated carbocycles. The first-order chi connectivity index (χ1) is 15.5. The molecule has 2 heterocycles. The number of carbonyl (C=O) groups is 1. The van der Waals surface area contributed by atoms with Crippen LogP contribution < -0.4 is 11.1 Å². The van der Waals surface area contributed by atoms with Crippen molar-refractivity contribution in [3.63, 3.8) is 0 Å². The van der Waals surface area contributed by atoms with Gasteiger partial charge in [-0.1, -0.05) is 31.9 Å². The van der Waals surface area contributed by atoms with Crippen molar-refractivity contribution in [2.24, 2.45) is 5.73 Å². The maximum Gasteiger partial charge on any atom is 0.251 e. The van der Waals surface area contributed by atoms with Crippen molar-refractivity contribution in [2.45, 2.75) is 44.8 Å². The van der Waals surface area contributed by atoms with Gasteiger partial charge in [0.1, 0.15) is 23.6 Å². The van der Waals surface area contributed by atoms with Gasteiger partial charge in [0, 0.05) is 38.2 Å². The van der Waals surface area contributed by atoms with Gasteiger partial charge in [-0.25, -0.2) is 9.37 Å². The van der Waals surface area contributed by atoms with Crippen LogP contribution in [-0.2, 0) is 16.0 Å². The Kier molecular flexibility index (Phi) is 8.31. The Balaban J connectivity index is 1.64. The normalized spacial score (nSPS) is 12.9. The summed E-state index contributed by atoms with van der Waals surface area (Å²) in [5.41, 5.74) is 8.36. The highest BCUT2D eigenvalue weighted by Crippen LogP contribution is 2.23. The van der Waals surface area contributed by atoms with E-state index in [0.29, 0.717) is 17.7 Å². The maximum atomic E-state index is 14.8. The third kappa shape index (κ3) is 5.90. The second kappa shape index (κ2) is 11.4. The molecular formula is C24H28FN5O2. The summed E-state index contributed by atoms with van der Waals surface area (Å²) in [6.45, 7) is 2.52. The van der Waals surface area contributed by atoms with Crippen molar-refractivity contribution in [2.75, 3.05) is 13.2 Å². The van der Waals surface area contributed by atoms with Gasteiger partial charge < -0.3 is 20.2 Å². The molecule has 1 amide bonds. The first kappa shape index (κ1) is 23.4. The molecule has 0 aliphatic rings. The molecule has 1 aromatic carbocycles. The number of nitrogens with zero attached hydrogens (tertiary/aromatic N) is 3. The van der Waals surface area contributed by atoms with E-state index in [0.717, 1.165) is 30.5 Å². The van der Waals surface area contributed by atoms with Crippen LogP contribution in [0.25, 0.3) is 16.8 Å². The minimum absolute atomic E-state index is 0.0143. The molecule has 168 valence electrons. The number of ether oxygens (including phenoxy) is 1. The molecule has 2 atom stereocenters. The SMILES string of the molecule is CCCCCO[C@@H](CN)C(=O)N[C@@H](C#N)Cc1ccc(-c2ccc3nccn3c2)cc1F. The van der Waals surface area contributed by atoms with Gasteiger partial charge in [0.2, 0.25) is 0 Å². The number of benzene rings is 1. The first-order valence-electron chi connectivity index (χ1n) is 10.8. The van der Waals surface area contributed by atoms with Crippen molar-refractivity contribution >= 4 is 11.6 Å². The molecule has 32 heavy (non-hydrogen) atoms. The number of hydrogen-bond acceptors (Lipinski definition) is 5. The molecule has 0 aliphatic heterocycles. The highest BCUT2D eigenvalue weighted by molar-refractivity contribution is 5.81. The third-order valence-corrected chi connectivity index (χ3v) is 5.24. The number of imidazole rings is 1. The Morgan fingerprint density at radius 1 is 1.31 bits per heavy atom. The lowest BCUT2D eigenvalue weighted by molar-refractivity contribution is -0.132. The molecule has 0 aliphatic carbocycles. The zero-order chi connectivity index (χ0) is 22.9. The molecule has 8 heteroatoms. The van der Waals surface area contributed by atoms with Crippen LogP contribution in [-0.4, -0.2) is 40.6 Å². The van der Waals surface area contributed by atoms with Crippen molar-refractivity contribution < 1.29 is 13.9 Å². The third-order valence-electron chi connectivity index (χ3n) is 5.24. The minimum atomic E-state index is -0.890. The molecule has 0 radical (unpaired) electrons. The smallest absolute Gasteiger partial charge is 0.251 e. The van der Waals surface area contributed by atoms with Gasteiger partial charge >= 0.3 is 0 Å². The number of nitrogens with two attached hydrogens (primary N) is 1. The van der Waals surface area contributed by atoms with Crippen LogP contribution in [0.15, 0.2) is 48.9 Å². The summed E-state index contributed by atoms with van der Waals surface area (Å²) in [5, 5.41) is 12.1. The Bertz CT molecular complexity index is 1090. The molecule has 0 fully saturated rings. The fraction of sp³-hybridized carbons (Fsp3) is 0.375. The average molecular weight is 438 g/mol. The topological polar surface area (TPSA) is 105 Å². The number of halogens is 1. The molecule has 2 aromatic heterocycles. The standard InChI is InChI=1S/C24H28FN5O2/c1-2-3-4-11-32-22(15-27)24(31)29-20(14-26)12-18-6-5-17(13-21(18)25)19-7-8-23-28-9-10-30(23)16-19/h5-10,13,16,20,22H,2-4,11-12,15,27H2,1H3,(H,29,31)/t20-,22+/m1/s1. The number of unbranched alkanes of at least 4 members (excludes halogenated alkanes) is 2. The summed E-state index contributed by atoms with van der Waals surface area (Å²) < 4.78 is 22.2. The quantitative estimate of drug-likeness (QED) is 0.448. The van der Waals surface area contributed by atoms with E-state index >= 15 is 0 Å². The molecule has 3 aromatic rings. The van der Waals surface area contributed by atoms with E-state index in [4.69, 9.17) is 10.5 Å².